The van der Waals surface area contributed by atoms with E-state index in [-0.39, 0.29) is 30.8 Å². The standard InChI is InChI=1S/C14H19ClN2O2S/c1-3-9(2)17-13(18)6-7-16-14(19)11-8-10(20)4-5-12(11)15/h4-5,8-9,20H,3,6-7H2,1-2H3,(H,16,19)(H,17,18). The van der Waals surface area contributed by atoms with Gasteiger partial charge >= 0.3 is 0 Å². The zero-order chi connectivity index (χ0) is 15.1. The smallest absolute Gasteiger partial charge is 0.252 e. The van der Waals surface area contributed by atoms with Crippen LogP contribution in [0.4, 0.5) is 0 Å². The summed E-state index contributed by atoms with van der Waals surface area (Å²) in [6, 6.07) is 5.07. The van der Waals surface area contributed by atoms with Crippen LogP contribution in [0.1, 0.15) is 37.0 Å². The Morgan fingerprint density at radius 2 is 2.10 bits per heavy atom. The first kappa shape index (κ1) is 16.9. The van der Waals surface area contributed by atoms with Crippen molar-refractivity contribution in [2.45, 2.75) is 37.6 Å². The fourth-order valence-electron chi connectivity index (χ4n) is 1.52. The number of halogens is 1. The summed E-state index contributed by atoms with van der Waals surface area (Å²) >= 11 is 10.1. The molecular formula is C14H19ClN2O2S. The van der Waals surface area contributed by atoms with Gasteiger partial charge in [0.25, 0.3) is 5.91 Å². The van der Waals surface area contributed by atoms with Crippen LogP contribution in [0.5, 0.6) is 0 Å². The van der Waals surface area contributed by atoms with Gasteiger partial charge in [0.2, 0.25) is 5.91 Å². The number of amides is 2. The number of rotatable bonds is 6. The average molecular weight is 315 g/mol. The highest BCUT2D eigenvalue weighted by atomic mass is 35.5. The molecule has 0 fully saturated rings. The van der Waals surface area contributed by atoms with Gasteiger partial charge < -0.3 is 10.6 Å². The van der Waals surface area contributed by atoms with E-state index in [9.17, 15) is 9.59 Å². The maximum Gasteiger partial charge on any atom is 0.252 e. The molecule has 0 aliphatic rings. The molecule has 1 atom stereocenters. The molecule has 2 amide bonds. The van der Waals surface area contributed by atoms with E-state index in [0.29, 0.717) is 15.5 Å². The Hall–Kier alpha value is -1.20. The minimum absolute atomic E-state index is 0.0753. The van der Waals surface area contributed by atoms with E-state index in [1.165, 1.54) is 0 Å². The molecular weight excluding hydrogens is 296 g/mol. The van der Waals surface area contributed by atoms with Crippen LogP contribution in [0.3, 0.4) is 0 Å². The first-order valence-corrected chi connectivity index (χ1v) is 7.32. The largest absolute Gasteiger partial charge is 0.354 e. The van der Waals surface area contributed by atoms with E-state index in [1.807, 2.05) is 13.8 Å². The second-order valence-electron chi connectivity index (χ2n) is 4.55. The predicted octanol–water partition coefficient (Wildman–Crippen LogP) is 2.66. The Balaban J connectivity index is 2.44. The zero-order valence-corrected chi connectivity index (χ0v) is 13.2. The van der Waals surface area contributed by atoms with Gasteiger partial charge in [0, 0.05) is 23.9 Å². The van der Waals surface area contributed by atoms with Crippen molar-refractivity contribution >= 4 is 36.0 Å². The maximum atomic E-state index is 11.9. The lowest BCUT2D eigenvalue weighted by Crippen LogP contribution is -2.35. The molecule has 0 bridgehead atoms. The summed E-state index contributed by atoms with van der Waals surface area (Å²) in [6.45, 7) is 4.21. The minimum Gasteiger partial charge on any atom is -0.354 e. The van der Waals surface area contributed by atoms with Crippen LogP contribution < -0.4 is 10.6 Å². The Morgan fingerprint density at radius 3 is 2.75 bits per heavy atom. The Bertz CT molecular complexity index is 494. The highest BCUT2D eigenvalue weighted by Gasteiger charge is 2.11. The second kappa shape index (κ2) is 8.17. The van der Waals surface area contributed by atoms with Gasteiger partial charge in [-0.05, 0) is 31.5 Å². The van der Waals surface area contributed by atoms with E-state index >= 15 is 0 Å². The van der Waals surface area contributed by atoms with Gasteiger partial charge in [0.05, 0.1) is 10.6 Å². The lowest BCUT2D eigenvalue weighted by atomic mass is 10.2. The molecule has 4 nitrogen and oxygen atoms in total. The maximum absolute atomic E-state index is 11.9. The van der Waals surface area contributed by atoms with Gasteiger partial charge in [-0.2, -0.15) is 0 Å². The van der Waals surface area contributed by atoms with Gasteiger partial charge in [-0.15, -0.1) is 12.6 Å². The topological polar surface area (TPSA) is 58.2 Å². The van der Waals surface area contributed by atoms with Crippen molar-refractivity contribution in [2.24, 2.45) is 0 Å². The summed E-state index contributed by atoms with van der Waals surface area (Å²) < 4.78 is 0. The van der Waals surface area contributed by atoms with E-state index in [1.54, 1.807) is 18.2 Å². The Kier molecular flexibility index (Phi) is 6.88. The van der Waals surface area contributed by atoms with Gasteiger partial charge in [0.1, 0.15) is 0 Å². The van der Waals surface area contributed by atoms with Crippen LogP contribution in [0.15, 0.2) is 23.1 Å². The molecule has 0 saturated carbocycles. The number of nitrogens with one attached hydrogen (secondary N) is 2. The third-order valence-electron chi connectivity index (χ3n) is 2.85. The fourth-order valence-corrected chi connectivity index (χ4v) is 1.93. The third kappa shape index (κ3) is 5.43. The molecule has 0 aromatic heterocycles. The first-order chi connectivity index (χ1) is 9.43. The van der Waals surface area contributed by atoms with Gasteiger partial charge in [-0.3, -0.25) is 9.59 Å². The van der Waals surface area contributed by atoms with Crippen LogP contribution in [-0.2, 0) is 4.79 Å². The number of hydrogen-bond acceptors (Lipinski definition) is 3. The van der Waals surface area contributed by atoms with Crippen LogP contribution in [0, 0.1) is 0 Å². The van der Waals surface area contributed by atoms with E-state index in [0.717, 1.165) is 6.42 Å². The second-order valence-corrected chi connectivity index (χ2v) is 5.47. The summed E-state index contributed by atoms with van der Waals surface area (Å²) in [5.41, 5.74) is 0.363. The number of thiol groups is 1. The molecule has 1 rings (SSSR count). The molecule has 1 aromatic rings. The summed E-state index contributed by atoms with van der Waals surface area (Å²) in [4.78, 5) is 24.1. The molecule has 1 aromatic carbocycles. The molecule has 110 valence electrons. The molecule has 6 heteroatoms. The van der Waals surface area contributed by atoms with Crippen LogP contribution in [-0.4, -0.2) is 24.4 Å². The number of benzene rings is 1. The van der Waals surface area contributed by atoms with Crippen LogP contribution in [0.25, 0.3) is 0 Å². The average Bonchev–Trinajstić information content (AvgIpc) is 2.41. The number of carbonyl (C=O) groups is 2. The summed E-state index contributed by atoms with van der Waals surface area (Å²) in [5.74, 6) is -0.379. The normalized spacial score (nSPS) is 11.8. The molecule has 2 N–H and O–H groups in total. The monoisotopic (exact) mass is 314 g/mol. The van der Waals surface area contributed by atoms with Crippen molar-refractivity contribution in [3.8, 4) is 0 Å². The van der Waals surface area contributed by atoms with Crippen molar-refractivity contribution in [3.05, 3.63) is 28.8 Å². The summed E-state index contributed by atoms with van der Waals surface area (Å²) in [5, 5.41) is 5.87. The van der Waals surface area contributed by atoms with Gasteiger partial charge in [-0.25, -0.2) is 0 Å². The highest BCUT2D eigenvalue weighted by Crippen LogP contribution is 2.19. The zero-order valence-electron chi connectivity index (χ0n) is 11.6. The summed E-state index contributed by atoms with van der Waals surface area (Å²) in [7, 11) is 0. The van der Waals surface area contributed by atoms with Gasteiger partial charge in [0.15, 0.2) is 0 Å². The van der Waals surface area contributed by atoms with Gasteiger partial charge in [-0.1, -0.05) is 18.5 Å². The molecule has 20 heavy (non-hydrogen) atoms. The fraction of sp³-hybridized carbons (Fsp3) is 0.429. The molecule has 1 unspecified atom stereocenters. The number of hydrogen-bond donors (Lipinski definition) is 3. The SMILES string of the molecule is CCC(C)NC(=O)CCNC(=O)c1cc(S)ccc1Cl. The van der Waals surface area contributed by atoms with E-state index in [2.05, 4.69) is 23.3 Å². The van der Waals surface area contributed by atoms with Crippen molar-refractivity contribution in [1.82, 2.24) is 10.6 Å². The molecule has 0 saturated heterocycles. The molecule has 0 aliphatic carbocycles. The van der Waals surface area contributed by atoms with Crippen molar-refractivity contribution < 1.29 is 9.59 Å². The lowest BCUT2D eigenvalue weighted by molar-refractivity contribution is -0.121. The highest BCUT2D eigenvalue weighted by molar-refractivity contribution is 7.80. The molecule has 0 aliphatic heterocycles. The van der Waals surface area contributed by atoms with Crippen molar-refractivity contribution in [2.75, 3.05) is 6.54 Å². The third-order valence-corrected chi connectivity index (χ3v) is 3.46. The number of carbonyl (C=O) groups excluding carboxylic acids is 2. The minimum atomic E-state index is -0.303. The Labute approximate surface area is 129 Å². The molecule has 0 radical (unpaired) electrons. The molecule has 0 spiro atoms. The van der Waals surface area contributed by atoms with E-state index < -0.39 is 0 Å². The van der Waals surface area contributed by atoms with Crippen LogP contribution >= 0.6 is 24.2 Å². The van der Waals surface area contributed by atoms with Crippen molar-refractivity contribution in [1.29, 1.82) is 0 Å². The van der Waals surface area contributed by atoms with Crippen LogP contribution in [0.2, 0.25) is 5.02 Å². The first-order valence-electron chi connectivity index (χ1n) is 6.50. The predicted molar refractivity (Wildman–Crippen MR) is 83.5 cm³/mol. The van der Waals surface area contributed by atoms with Crippen molar-refractivity contribution in [3.63, 3.8) is 0 Å². The van der Waals surface area contributed by atoms with E-state index in [4.69, 9.17) is 11.6 Å². The molecule has 0 heterocycles. The quantitative estimate of drug-likeness (QED) is 0.707. The lowest BCUT2D eigenvalue weighted by Gasteiger charge is -2.11. The Morgan fingerprint density at radius 1 is 1.40 bits per heavy atom. The summed E-state index contributed by atoms with van der Waals surface area (Å²) in [6.07, 6.45) is 1.12.